The first-order valence-electron chi connectivity index (χ1n) is 8.92. The van der Waals surface area contributed by atoms with Gasteiger partial charge in [0.15, 0.2) is 6.61 Å². The van der Waals surface area contributed by atoms with E-state index in [0.717, 1.165) is 11.3 Å². The Morgan fingerprint density at radius 3 is 2.28 bits per heavy atom. The molecule has 29 heavy (non-hydrogen) atoms. The van der Waals surface area contributed by atoms with E-state index in [1.807, 2.05) is 66.0 Å². The van der Waals surface area contributed by atoms with Crippen LogP contribution in [0.3, 0.4) is 0 Å². The van der Waals surface area contributed by atoms with Gasteiger partial charge in [-0.25, -0.2) is 14.3 Å². The van der Waals surface area contributed by atoms with Crippen LogP contribution in [0.5, 0.6) is 0 Å². The number of alkyl carbamates (subject to hydrolysis) is 1. The van der Waals surface area contributed by atoms with Crippen molar-refractivity contribution in [3.05, 3.63) is 72.4 Å². The van der Waals surface area contributed by atoms with Gasteiger partial charge < -0.3 is 9.47 Å². The number of nitrogens with one attached hydrogen (secondary N) is 1. The van der Waals surface area contributed by atoms with Crippen LogP contribution < -0.4 is 5.32 Å². The molecule has 0 unspecified atom stereocenters. The van der Waals surface area contributed by atoms with Gasteiger partial charge in [0.1, 0.15) is 11.3 Å². The lowest BCUT2D eigenvalue weighted by Crippen LogP contribution is -2.34. The van der Waals surface area contributed by atoms with E-state index in [1.165, 1.54) is 0 Å². The fourth-order valence-electron chi connectivity index (χ4n) is 2.57. The molecule has 8 heteroatoms. The van der Waals surface area contributed by atoms with Gasteiger partial charge >= 0.3 is 12.1 Å². The molecule has 8 nitrogen and oxygen atoms in total. The quantitative estimate of drug-likeness (QED) is 0.647. The van der Waals surface area contributed by atoms with Crippen LogP contribution in [0.2, 0.25) is 0 Å². The van der Waals surface area contributed by atoms with E-state index >= 15 is 0 Å². The molecule has 0 saturated carbocycles. The van der Waals surface area contributed by atoms with Crippen LogP contribution in [0.15, 0.2) is 66.9 Å². The normalized spacial score (nSPS) is 10.2. The summed E-state index contributed by atoms with van der Waals surface area (Å²) in [5.41, 5.74) is 2.11. The lowest BCUT2D eigenvalue weighted by molar-refractivity contribution is -0.123. The summed E-state index contributed by atoms with van der Waals surface area (Å²) in [7, 11) is 0. The summed E-state index contributed by atoms with van der Waals surface area (Å²) >= 11 is 0. The number of imide groups is 1. The highest BCUT2D eigenvalue weighted by Crippen LogP contribution is 2.24. The van der Waals surface area contributed by atoms with Crippen LogP contribution in [0, 0.1) is 0 Å². The average molecular weight is 393 g/mol. The molecular weight excluding hydrogens is 374 g/mol. The lowest BCUT2D eigenvalue weighted by atomic mass is 10.1. The van der Waals surface area contributed by atoms with E-state index in [1.54, 1.807) is 17.8 Å². The molecule has 0 aliphatic carbocycles. The summed E-state index contributed by atoms with van der Waals surface area (Å²) in [5, 5.41) is 6.48. The minimum atomic E-state index is -0.893. The van der Waals surface area contributed by atoms with Gasteiger partial charge in [0, 0.05) is 11.8 Å². The fourth-order valence-corrected chi connectivity index (χ4v) is 2.57. The van der Waals surface area contributed by atoms with Gasteiger partial charge in [-0.05, 0) is 19.1 Å². The Hall–Kier alpha value is -3.94. The number of para-hydroxylation sites is 1. The Labute approximate surface area is 167 Å². The molecule has 2 aromatic carbocycles. The highest BCUT2D eigenvalue weighted by molar-refractivity contribution is 5.98. The molecule has 2 amide bonds. The molecular formula is C21H19N3O5. The second-order valence-corrected chi connectivity index (χ2v) is 5.88. The van der Waals surface area contributed by atoms with Crippen molar-refractivity contribution in [3.8, 4) is 16.9 Å². The minimum Gasteiger partial charge on any atom is -0.452 e. The largest absolute Gasteiger partial charge is 0.452 e. The summed E-state index contributed by atoms with van der Waals surface area (Å²) in [6.07, 6.45) is 0.652. The maximum absolute atomic E-state index is 12.6. The van der Waals surface area contributed by atoms with Gasteiger partial charge in [-0.3, -0.25) is 10.1 Å². The molecule has 1 N–H and O–H groups in total. The van der Waals surface area contributed by atoms with Crippen LogP contribution in [-0.2, 0) is 14.3 Å². The predicted octanol–water partition coefficient (Wildman–Crippen LogP) is 2.97. The van der Waals surface area contributed by atoms with E-state index in [9.17, 15) is 14.4 Å². The Kier molecular flexibility index (Phi) is 6.36. The van der Waals surface area contributed by atoms with E-state index in [-0.39, 0.29) is 12.2 Å². The SMILES string of the molecule is CCOC(=O)NC(=O)COC(=O)c1cn(-c2ccccc2)nc1-c1ccccc1. The number of nitrogens with zero attached hydrogens (tertiary/aromatic N) is 2. The fraction of sp³-hybridized carbons (Fsp3) is 0.143. The number of aromatic nitrogens is 2. The molecule has 3 rings (SSSR count). The first kappa shape index (κ1) is 19.8. The third kappa shape index (κ3) is 5.07. The van der Waals surface area contributed by atoms with Gasteiger partial charge in [0.2, 0.25) is 0 Å². The second-order valence-electron chi connectivity index (χ2n) is 5.88. The second kappa shape index (κ2) is 9.32. The van der Waals surface area contributed by atoms with E-state index in [2.05, 4.69) is 9.84 Å². The zero-order chi connectivity index (χ0) is 20.6. The zero-order valence-electron chi connectivity index (χ0n) is 15.7. The molecule has 0 fully saturated rings. The number of rotatable bonds is 6. The molecule has 0 atom stereocenters. The molecule has 1 heterocycles. The summed E-state index contributed by atoms with van der Waals surface area (Å²) in [6.45, 7) is 1.11. The summed E-state index contributed by atoms with van der Waals surface area (Å²) in [5.74, 6) is -1.52. The molecule has 0 aliphatic heterocycles. The van der Waals surface area contributed by atoms with Crippen LogP contribution in [0.1, 0.15) is 17.3 Å². The van der Waals surface area contributed by atoms with Gasteiger partial charge in [-0.15, -0.1) is 0 Å². The maximum atomic E-state index is 12.6. The van der Waals surface area contributed by atoms with E-state index < -0.39 is 24.6 Å². The summed E-state index contributed by atoms with van der Waals surface area (Å²) < 4.78 is 11.2. The minimum absolute atomic E-state index is 0.123. The highest BCUT2D eigenvalue weighted by atomic mass is 16.6. The molecule has 0 aliphatic rings. The molecule has 0 spiro atoms. The van der Waals surface area contributed by atoms with Gasteiger partial charge in [0.25, 0.3) is 5.91 Å². The topological polar surface area (TPSA) is 99.5 Å². The smallest absolute Gasteiger partial charge is 0.413 e. The summed E-state index contributed by atoms with van der Waals surface area (Å²) in [6, 6.07) is 18.5. The third-order valence-corrected chi connectivity index (χ3v) is 3.85. The number of amides is 2. The number of carbonyl (C=O) groups excluding carboxylic acids is 3. The molecule has 0 bridgehead atoms. The number of benzene rings is 2. The summed E-state index contributed by atoms with van der Waals surface area (Å²) in [4.78, 5) is 35.6. The van der Waals surface area contributed by atoms with Crippen LogP contribution >= 0.6 is 0 Å². The van der Waals surface area contributed by atoms with Crippen LogP contribution in [-0.4, -0.2) is 41.0 Å². The van der Waals surface area contributed by atoms with E-state index in [0.29, 0.717) is 5.69 Å². The average Bonchev–Trinajstić information content (AvgIpc) is 3.19. The Morgan fingerprint density at radius 1 is 0.966 bits per heavy atom. The Balaban J connectivity index is 1.81. The standard InChI is InChI=1S/C21H19N3O5/c1-2-28-21(27)22-18(25)14-29-20(26)17-13-24(16-11-7-4-8-12-16)23-19(17)15-9-5-3-6-10-15/h3-13H,2,14H2,1H3,(H,22,25,27). The van der Waals surface area contributed by atoms with Crippen LogP contribution in [0.25, 0.3) is 16.9 Å². The lowest BCUT2D eigenvalue weighted by Gasteiger charge is -2.06. The number of hydrogen-bond acceptors (Lipinski definition) is 6. The van der Waals surface area contributed by atoms with Crippen molar-refractivity contribution in [1.29, 1.82) is 0 Å². The molecule has 0 saturated heterocycles. The Bertz CT molecular complexity index is 1000. The van der Waals surface area contributed by atoms with Crippen LogP contribution in [0.4, 0.5) is 4.79 Å². The number of esters is 1. The van der Waals surface area contributed by atoms with Gasteiger partial charge in [0.05, 0.1) is 12.3 Å². The molecule has 3 aromatic rings. The van der Waals surface area contributed by atoms with Crippen molar-refractivity contribution >= 4 is 18.0 Å². The van der Waals surface area contributed by atoms with Crippen molar-refractivity contribution in [3.63, 3.8) is 0 Å². The van der Waals surface area contributed by atoms with Crippen molar-refractivity contribution in [2.24, 2.45) is 0 Å². The molecule has 148 valence electrons. The Morgan fingerprint density at radius 2 is 1.62 bits per heavy atom. The first-order valence-corrected chi connectivity index (χ1v) is 8.92. The molecule has 0 radical (unpaired) electrons. The zero-order valence-corrected chi connectivity index (χ0v) is 15.7. The van der Waals surface area contributed by atoms with Crippen molar-refractivity contribution in [1.82, 2.24) is 15.1 Å². The highest BCUT2D eigenvalue weighted by Gasteiger charge is 2.21. The van der Waals surface area contributed by atoms with Crippen molar-refractivity contribution < 1.29 is 23.9 Å². The monoisotopic (exact) mass is 393 g/mol. The number of ether oxygens (including phenoxy) is 2. The van der Waals surface area contributed by atoms with E-state index in [4.69, 9.17) is 4.74 Å². The van der Waals surface area contributed by atoms with Gasteiger partial charge in [-0.1, -0.05) is 48.5 Å². The predicted molar refractivity (Wildman–Crippen MR) is 104 cm³/mol. The third-order valence-electron chi connectivity index (χ3n) is 3.85. The maximum Gasteiger partial charge on any atom is 0.413 e. The van der Waals surface area contributed by atoms with Crippen molar-refractivity contribution in [2.45, 2.75) is 6.92 Å². The van der Waals surface area contributed by atoms with Gasteiger partial charge in [-0.2, -0.15) is 5.10 Å². The van der Waals surface area contributed by atoms with Crippen molar-refractivity contribution in [2.75, 3.05) is 13.2 Å². The number of carbonyl (C=O) groups is 3. The first-order chi connectivity index (χ1) is 14.1. The molecule has 1 aromatic heterocycles. The number of hydrogen-bond donors (Lipinski definition) is 1.